The second-order valence-corrected chi connectivity index (χ2v) is 8.01. The van der Waals surface area contributed by atoms with Gasteiger partial charge in [-0.15, -0.1) is 0 Å². The first kappa shape index (κ1) is 15.3. The van der Waals surface area contributed by atoms with E-state index in [1.807, 2.05) is 5.32 Å². The minimum atomic E-state index is -3.08. The van der Waals surface area contributed by atoms with E-state index in [1.165, 1.54) is 0 Å². The standard InChI is InChI=1S/C10H16F2N2O5S/c1-8(4-20(18,19)5-8)13-6(15)9(14-7(16)17)2-10(11,12)3-9/h14,18-19H,2-5H2,1H3,(H,13,15)(H,16,17). The largest absolute Gasteiger partial charge is 0.465 e. The predicted octanol–water partition coefficient (Wildman–Crippen LogP) is 1.06. The quantitative estimate of drug-likeness (QED) is 0.534. The Kier molecular flexibility index (Phi) is 3.19. The molecule has 1 aliphatic heterocycles. The maximum absolute atomic E-state index is 13.0. The Morgan fingerprint density at radius 2 is 1.65 bits per heavy atom. The van der Waals surface area contributed by atoms with Crippen molar-refractivity contribution in [3.05, 3.63) is 0 Å². The fraction of sp³-hybridized carbons (Fsp3) is 0.800. The molecule has 1 aliphatic carbocycles. The molecule has 2 aliphatic rings. The van der Waals surface area contributed by atoms with Crippen molar-refractivity contribution in [1.82, 2.24) is 10.6 Å². The summed E-state index contributed by atoms with van der Waals surface area (Å²) in [4.78, 5) is 22.7. The van der Waals surface area contributed by atoms with Gasteiger partial charge in [-0.05, 0) is 6.92 Å². The Morgan fingerprint density at radius 1 is 1.15 bits per heavy atom. The van der Waals surface area contributed by atoms with Gasteiger partial charge in [-0.1, -0.05) is 0 Å². The molecule has 5 N–H and O–H groups in total. The lowest BCUT2D eigenvalue weighted by atomic mass is 9.72. The summed E-state index contributed by atoms with van der Waals surface area (Å²) in [7, 11) is -2.71. The number of carbonyl (C=O) groups is 2. The van der Waals surface area contributed by atoms with Crippen molar-refractivity contribution < 1.29 is 32.6 Å². The summed E-state index contributed by atoms with van der Waals surface area (Å²) in [6.45, 7) is 1.55. The van der Waals surface area contributed by atoms with Gasteiger partial charge in [-0.2, -0.15) is 10.6 Å². The predicted molar refractivity (Wildman–Crippen MR) is 67.2 cm³/mol. The zero-order valence-electron chi connectivity index (χ0n) is 10.7. The van der Waals surface area contributed by atoms with Crippen molar-refractivity contribution in [2.75, 3.05) is 11.5 Å². The zero-order valence-corrected chi connectivity index (χ0v) is 11.5. The maximum Gasteiger partial charge on any atom is 0.405 e. The van der Waals surface area contributed by atoms with E-state index in [4.69, 9.17) is 5.11 Å². The van der Waals surface area contributed by atoms with Gasteiger partial charge in [0.2, 0.25) is 5.91 Å². The average Bonchev–Trinajstić information content (AvgIpc) is 2.08. The molecule has 20 heavy (non-hydrogen) atoms. The Balaban J connectivity index is 2.04. The number of hydrogen-bond acceptors (Lipinski definition) is 4. The highest BCUT2D eigenvalue weighted by atomic mass is 32.3. The number of carbonyl (C=O) groups excluding carboxylic acids is 1. The molecule has 2 amide bonds. The molecule has 1 heterocycles. The van der Waals surface area contributed by atoms with Crippen LogP contribution in [0.3, 0.4) is 0 Å². The summed E-state index contributed by atoms with van der Waals surface area (Å²) in [6.07, 6.45) is -3.35. The van der Waals surface area contributed by atoms with Crippen LogP contribution in [0.1, 0.15) is 19.8 Å². The van der Waals surface area contributed by atoms with Crippen molar-refractivity contribution in [1.29, 1.82) is 0 Å². The number of amides is 2. The minimum Gasteiger partial charge on any atom is -0.465 e. The Hall–Kier alpha value is -1.13. The highest BCUT2D eigenvalue weighted by Gasteiger charge is 2.63. The van der Waals surface area contributed by atoms with Gasteiger partial charge in [0.25, 0.3) is 5.92 Å². The topological polar surface area (TPSA) is 119 Å². The van der Waals surface area contributed by atoms with E-state index in [2.05, 4.69) is 5.32 Å². The van der Waals surface area contributed by atoms with Crippen LogP contribution in [0.4, 0.5) is 13.6 Å². The fourth-order valence-electron chi connectivity index (χ4n) is 2.79. The molecule has 1 saturated carbocycles. The number of halogens is 2. The van der Waals surface area contributed by atoms with Crippen LogP contribution in [-0.4, -0.2) is 54.7 Å². The Morgan fingerprint density at radius 3 is 2.00 bits per heavy atom. The molecular formula is C10H16F2N2O5S. The van der Waals surface area contributed by atoms with Gasteiger partial charge in [0.15, 0.2) is 0 Å². The first-order valence-corrected chi connectivity index (χ1v) is 7.71. The van der Waals surface area contributed by atoms with Crippen molar-refractivity contribution in [2.45, 2.75) is 36.8 Å². The van der Waals surface area contributed by atoms with Crippen LogP contribution in [0.2, 0.25) is 0 Å². The van der Waals surface area contributed by atoms with E-state index in [0.717, 1.165) is 0 Å². The molecule has 7 nitrogen and oxygen atoms in total. The Bertz CT molecular complexity index is 455. The van der Waals surface area contributed by atoms with Crippen LogP contribution in [-0.2, 0) is 4.79 Å². The second kappa shape index (κ2) is 4.18. The molecule has 10 heteroatoms. The van der Waals surface area contributed by atoms with Crippen molar-refractivity contribution >= 4 is 22.6 Å². The smallest absolute Gasteiger partial charge is 0.405 e. The molecule has 2 rings (SSSR count). The lowest BCUT2D eigenvalue weighted by Crippen LogP contribution is -2.73. The van der Waals surface area contributed by atoms with E-state index in [1.54, 1.807) is 6.92 Å². The van der Waals surface area contributed by atoms with E-state index < -0.39 is 52.4 Å². The second-order valence-electron chi connectivity index (χ2n) is 5.83. The zero-order chi connectivity index (χ0) is 15.4. The number of nitrogens with one attached hydrogen (secondary N) is 2. The third-order valence-corrected chi connectivity index (χ3v) is 5.62. The van der Waals surface area contributed by atoms with Gasteiger partial charge in [-0.3, -0.25) is 13.9 Å². The number of hydrogen-bond donors (Lipinski definition) is 5. The minimum absolute atomic E-state index is 0.0642. The van der Waals surface area contributed by atoms with Crippen LogP contribution in [0.5, 0.6) is 0 Å². The van der Waals surface area contributed by atoms with E-state index in [9.17, 15) is 27.5 Å². The molecule has 0 unspecified atom stereocenters. The van der Waals surface area contributed by atoms with Gasteiger partial charge >= 0.3 is 6.09 Å². The first-order chi connectivity index (χ1) is 8.87. The third-order valence-electron chi connectivity index (χ3n) is 3.42. The molecule has 0 bridgehead atoms. The van der Waals surface area contributed by atoms with Crippen LogP contribution < -0.4 is 10.6 Å². The SMILES string of the molecule is CC1(NC(=O)C2(NC(=O)O)CC(F)(F)C2)CS(O)(O)C1. The molecule has 0 aromatic rings. The Labute approximate surface area is 115 Å². The number of carboxylic acid groups (broad SMARTS) is 1. The molecule has 0 spiro atoms. The van der Waals surface area contributed by atoms with Gasteiger partial charge in [0, 0.05) is 12.8 Å². The summed E-state index contributed by atoms with van der Waals surface area (Å²) in [5.74, 6) is -4.07. The molecule has 0 atom stereocenters. The van der Waals surface area contributed by atoms with Gasteiger partial charge in [0.05, 0.1) is 17.0 Å². The summed E-state index contributed by atoms with van der Waals surface area (Å²) in [5, 5.41) is 13.0. The molecular weight excluding hydrogens is 298 g/mol. The molecule has 0 aromatic heterocycles. The van der Waals surface area contributed by atoms with E-state index in [0.29, 0.717) is 0 Å². The van der Waals surface area contributed by atoms with Gasteiger partial charge in [0.1, 0.15) is 5.54 Å². The lowest BCUT2D eigenvalue weighted by molar-refractivity contribution is -0.162. The van der Waals surface area contributed by atoms with Gasteiger partial charge in [-0.25, -0.2) is 13.6 Å². The summed E-state index contributed by atoms with van der Waals surface area (Å²) < 4.78 is 44.7. The normalized spacial score (nSPS) is 29.2. The molecule has 116 valence electrons. The van der Waals surface area contributed by atoms with Gasteiger partial charge < -0.3 is 15.7 Å². The molecule has 2 fully saturated rings. The highest BCUT2D eigenvalue weighted by molar-refractivity contribution is 8.25. The number of alkyl halides is 2. The van der Waals surface area contributed by atoms with Crippen LogP contribution >= 0.6 is 10.6 Å². The van der Waals surface area contributed by atoms with Crippen LogP contribution in [0, 0.1) is 0 Å². The van der Waals surface area contributed by atoms with E-state index in [-0.39, 0.29) is 11.5 Å². The summed E-state index contributed by atoms with van der Waals surface area (Å²) in [5.41, 5.74) is -2.76. The van der Waals surface area contributed by atoms with Crippen LogP contribution in [0.15, 0.2) is 0 Å². The summed E-state index contributed by atoms with van der Waals surface area (Å²) in [6, 6.07) is 0. The van der Waals surface area contributed by atoms with Crippen molar-refractivity contribution in [2.24, 2.45) is 0 Å². The van der Waals surface area contributed by atoms with Crippen molar-refractivity contribution in [3.8, 4) is 0 Å². The lowest BCUT2D eigenvalue weighted by Gasteiger charge is -2.56. The number of rotatable bonds is 3. The highest BCUT2D eigenvalue weighted by Crippen LogP contribution is 2.54. The van der Waals surface area contributed by atoms with Crippen molar-refractivity contribution in [3.63, 3.8) is 0 Å². The average molecular weight is 314 g/mol. The molecule has 0 radical (unpaired) electrons. The third kappa shape index (κ3) is 2.81. The summed E-state index contributed by atoms with van der Waals surface area (Å²) >= 11 is 0. The first-order valence-electron chi connectivity index (χ1n) is 5.82. The maximum atomic E-state index is 13.0. The van der Waals surface area contributed by atoms with Crippen LogP contribution in [0.25, 0.3) is 0 Å². The monoisotopic (exact) mass is 314 g/mol. The molecule has 1 saturated heterocycles. The molecule has 0 aromatic carbocycles. The fourth-order valence-corrected chi connectivity index (χ4v) is 4.89. The van der Waals surface area contributed by atoms with E-state index >= 15 is 0 Å².